The molecule has 29 heavy (non-hydrogen) atoms. The zero-order valence-electron chi connectivity index (χ0n) is 17.5. The molecule has 0 saturated carbocycles. The Bertz CT molecular complexity index is 1010. The fourth-order valence-electron chi connectivity index (χ4n) is 3.94. The number of carbonyl (C=O) groups excluding carboxylic acids is 1. The summed E-state index contributed by atoms with van der Waals surface area (Å²) >= 11 is 3.38. The average molecular weight is 488 g/mol. The SMILES string of the molecule is CC(C)(C)OC(=O)NC1=N[C@](C)(c2cc(Br)ccc2F)[C@H]2CCN=S2(=O)C1(C)C. The first-order chi connectivity index (χ1) is 13.2. The first-order valence-electron chi connectivity index (χ1n) is 9.48. The third-order valence-corrected chi connectivity index (χ3v) is 9.61. The number of ether oxygens (including phenoxy) is 1. The van der Waals surface area contributed by atoms with Gasteiger partial charge in [-0.15, -0.1) is 0 Å². The lowest BCUT2D eigenvalue weighted by Crippen LogP contribution is -2.60. The maximum atomic E-state index is 14.9. The van der Waals surface area contributed by atoms with Crippen molar-refractivity contribution in [3.8, 4) is 0 Å². The van der Waals surface area contributed by atoms with Crippen molar-refractivity contribution < 1.29 is 18.1 Å². The average Bonchev–Trinajstić information content (AvgIpc) is 2.98. The van der Waals surface area contributed by atoms with Crippen LogP contribution in [0.4, 0.5) is 9.18 Å². The monoisotopic (exact) mass is 487 g/mol. The third kappa shape index (κ3) is 3.71. The van der Waals surface area contributed by atoms with E-state index in [0.29, 0.717) is 23.0 Å². The van der Waals surface area contributed by atoms with Gasteiger partial charge in [-0.05, 0) is 66.2 Å². The molecule has 0 bridgehead atoms. The fourth-order valence-corrected chi connectivity index (χ4v) is 7.49. The van der Waals surface area contributed by atoms with Gasteiger partial charge in [0, 0.05) is 16.6 Å². The van der Waals surface area contributed by atoms with Crippen molar-refractivity contribution in [1.82, 2.24) is 5.32 Å². The van der Waals surface area contributed by atoms with Crippen molar-refractivity contribution in [2.75, 3.05) is 6.54 Å². The summed E-state index contributed by atoms with van der Waals surface area (Å²) in [5.74, 6) is -0.245. The Morgan fingerprint density at radius 1 is 1.34 bits per heavy atom. The van der Waals surface area contributed by atoms with Gasteiger partial charge >= 0.3 is 6.09 Å². The first-order valence-corrected chi connectivity index (χ1v) is 11.8. The number of nitrogens with zero attached hydrogens (tertiary/aromatic N) is 2. The van der Waals surface area contributed by atoms with E-state index in [-0.39, 0.29) is 5.84 Å². The van der Waals surface area contributed by atoms with Gasteiger partial charge in [0.15, 0.2) is 0 Å². The summed E-state index contributed by atoms with van der Waals surface area (Å²) in [6.45, 7) is 10.9. The second-order valence-corrected chi connectivity index (χ2v) is 13.0. The molecule has 1 N–H and O–H groups in total. The maximum Gasteiger partial charge on any atom is 0.413 e. The molecule has 0 aromatic heterocycles. The normalized spacial score (nSPS) is 30.8. The number of hydrogen-bond acceptors (Lipinski definition) is 5. The topological polar surface area (TPSA) is 80.1 Å². The minimum Gasteiger partial charge on any atom is -0.444 e. The molecule has 1 aromatic carbocycles. The van der Waals surface area contributed by atoms with Gasteiger partial charge in [0.1, 0.15) is 27.5 Å². The number of nitrogens with one attached hydrogen (secondary N) is 1. The Labute approximate surface area is 180 Å². The molecule has 0 fully saturated rings. The molecule has 0 spiro atoms. The van der Waals surface area contributed by atoms with Crippen molar-refractivity contribution in [3.05, 3.63) is 34.1 Å². The van der Waals surface area contributed by atoms with Gasteiger partial charge in [-0.3, -0.25) is 10.3 Å². The van der Waals surface area contributed by atoms with Gasteiger partial charge in [0.05, 0.1) is 15.0 Å². The van der Waals surface area contributed by atoms with Gasteiger partial charge in [0.25, 0.3) is 0 Å². The van der Waals surface area contributed by atoms with E-state index in [1.807, 2.05) is 0 Å². The van der Waals surface area contributed by atoms with Gasteiger partial charge in [-0.2, -0.15) is 0 Å². The minimum atomic E-state index is -2.86. The standard InChI is InChI=1S/C20H27BrFN3O3S/c1-18(2,3)28-17(26)24-16-19(4,5)29(27)15(9-10-23-29)20(6,25-16)13-11-12(21)7-8-14(13)22/h7-8,11,15H,9-10H2,1-6H3,(H,24,25,26)/t15-,20-,29?/m1/s1. The summed E-state index contributed by atoms with van der Waals surface area (Å²) < 4.78 is 38.5. The summed E-state index contributed by atoms with van der Waals surface area (Å²) in [6, 6.07) is 4.62. The smallest absolute Gasteiger partial charge is 0.413 e. The van der Waals surface area contributed by atoms with Crippen molar-refractivity contribution >= 4 is 37.6 Å². The van der Waals surface area contributed by atoms with Crippen LogP contribution in [0, 0.1) is 5.82 Å². The van der Waals surface area contributed by atoms with E-state index in [1.165, 1.54) is 6.07 Å². The highest BCUT2D eigenvalue weighted by molar-refractivity contribution is 9.10. The molecule has 2 aliphatic rings. The van der Waals surface area contributed by atoms with Crippen LogP contribution in [0.25, 0.3) is 0 Å². The fraction of sp³-hybridized carbons (Fsp3) is 0.600. The van der Waals surface area contributed by atoms with E-state index in [2.05, 4.69) is 25.6 Å². The van der Waals surface area contributed by atoms with E-state index >= 15 is 0 Å². The molecular weight excluding hydrogens is 461 g/mol. The van der Waals surface area contributed by atoms with Crippen LogP contribution in [0.3, 0.4) is 0 Å². The van der Waals surface area contributed by atoms with E-state index in [1.54, 1.807) is 53.7 Å². The lowest BCUT2D eigenvalue weighted by atomic mass is 9.86. The number of carbonyl (C=O) groups is 1. The van der Waals surface area contributed by atoms with Crippen LogP contribution in [0.2, 0.25) is 0 Å². The number of hydrogen-bond donors (Lipinski definition) is 1. The Kier molecular flexibility index (Phi) is 5.39. The Morgan fingerprint density at radius 2 is 2.00 bits per heavy atom. The third-order valence-electron chi connectivity index (χ3n) is 5.43. The van der Waals surface area contributed by atoms with Crippen molar-refractivity contribution in [1.29, 1.82) is 0 Å². The molecule has 3 rings (SSSR count). The molecule has 160 valence electrons. The highest BCUT2D eigenvalue weighted by Crippen LogP contribution is 2.48. The molecule has 0 aliphatic carbocycles. The Balaban J connectivity index is 2.18. The highest BCUT2D eigenvalue weighted by atomic mass is 79.9. The van der Waals surface area contributed by atoms with E-state index in [9.17, 15) is 13.4 Å². The number of amides is 1. The zero-order chi connectivity index (χ0) is 21.8. The van der Waals surface area contributed by atoms with Crippen LogP contribution in [0.1, 0.15) is 53.5 Å². The quantitative estimate of drug-likeness (QED) is 0.619. The van der Waals surface area contributed by atoms with E-state index in [4.69, 9.17) is 9.73 Å². The number of fused-ring (bicyclic) bond motifs is 1. The lowest BCUT2D eigenvalue weighted by molar-refractivity contribution is 0.0560. The maximum absolute atomic E-state index is 14.9. The molecule has 2 aliphatic heterocycles. The van der Waals surface area contributed by atoms with Gasteiger partial charge in [-0.25, -0.2) is 17.8 Å². The molecule has 1 amide bonds. The number of benzene rings is 1. The minimum absolute atomic E-state index is 0.195. The highest BCUT2D eigenvalue weighted by Gasteiger charge is 2.57. The molecule has 3 atom stereocenters. The van der Waals surface area contributed by atoms with Crippen molar-refractivity contribution in [2.45, 2.75) is 69.1 Å². The van der Waals surface area contributed by atoms with Crippen molar-refractivity contribution in [3.63, 3.8) is 0 Å². The Morgan fingerprint density at radius 3 is 2.62 bits per heavy atom. The second kappa shape index (κ2) is 7.04. The predicted octanol–water partition coefficient (Wildman–Crippen LogP) is 4.76. The van der Waals surface area contributed by atoms with Crippen molar-refractivity contribution in [2.24, 2.45) is 9.36 Å². The predicted molar refractivity (Wildman–Crippen MR) is 116 cm³/mol. The molecule has 0 saturated heterocycles. The molecule has 1 aromatic rings. The molecule has 6 nitrogen and oxygen atoms in total. The van der Waals surface area contributed by atoms with Gasteiger partial charge < -0.3 is 4.74 Å². The van der Waals surface area contributed by atoms with Crippen LogP contribution in [0.15, 0.2) is 32.0 Å². The number of halogens is 2. The molecule has 9 heteroatoms. The zero-order valence-corrected chi connectivity index (χ0v) is 19.9. The molecule has 1 unspecified atom stereocenters. The van der Waals surface area contributed by atoms with Crippen LogP contribution in [0.5, 0.6) is 0 Å². The second-order valence-electron chi connectivity index (χ2n) is 9.07. The summed E-state index contributed by atoms with van der Waals surface area (Å²) in [6.07, 6.45) is -0.158. The van der Waals surface area contributed by atoms with Crippen LogP contribution < -0.4 is 5.32 Å². The molecule has 0 radical (unpaired) electrons. The summed E-state index contributed by atoms with van der Waals surface area (Å²) in [5, 5.41) is 2.20. The van der Waals surface area contributed by atoms with Crippen LogP contribution >= 0.6 is 15.9 Å². The van der Waals surface area contributed by atoms with Crippen LogP contribution in [-0.2, 0) is 20.0 Å². The van der Waals surface area contributed by atoms with E-state index in [0.717, 1.165) is 0 Å². The summed E-state index contributed by atoms with van der Waals surface area (Å²) in [5.41, 5.74) is -1.53. The lowest BCUT2D eigenvalue weighted by Gasteiger charge is -2.45. The molecular formula is C20H27BrFN3O3S. The summed E-state index contributed by atoms with van der Waals surface area (Å²) in [4.78, 5) is 17.3. The number of amidine groups is 1. The largest absolute Gasteiger partial charge is 0.444 e. The van der Waals surface area contributed by atoms with Crippen LogP contribution in [-0.4, -0.2) is 38.3 Å². The van der Waals surface area contributed by atoms with Gasteiger partial charge in [-0.1, -0.05) is 15.9 Å². The summed E-state index contributed by atoms with van der Waals surface area (Å²) in [7, 11) is -2.86. The first kappa shape index (κ1) is 22.2. The number of aliphatic imine (C=N–C) groups is 1. The number of rotatable bonds is 1. The Hall–Kier alpha value is -1.48. The van der Waals surface area contributed by atoms with E-state index < -0.39 is 42.8 Å². The molecule has 2 heterocycles. The number of alkyl carbamates (subject to hydrolysis) is 1. The van der Waals surface area contributed by atoms with Gasteiger partial charge in [0.2, 0.25) is 0 Å².